The van der Waals surface area contributed by atoms with Crippen molar-refractivity contribution in [1.29, 1.82) is 0 Å². The Morgan fingerprint density at radius 2 is 2.00 bits per heavy atom. The van der Waals surface area contributed by atoms with Crippen LogP contribution < -0.4 is 10.6 Å². The lowest BCUT2D eigenvalue weighted by atomic mass is 10.1. The summed E-state index contributed by atoms with van der Waals surface area (Å²) < 4.78 is 0. The summed E-state index contributed by atoms with van der Waals surface area (Å²) in [4.78, 5) is 20.0. The summed E-state index contributed by atoms with van der Waals surface area (Å²) in [5.41, 5.74) is 1.12. The maximum Gasteiger partial charge on any atom is 0.222 e. The van der Waals surface area contributed by atoms with E-state index in [1.807, 2.05) is 24.3 Å². The topological polar surface area (TPSA) is 66.9 Å². The van der Waals surface area contributed by atoms with E-state index in [1.165, 1.54) is 0 Å². The lowest BCUT2D eigenvalue weighted by Gasteiger charge is -2.07. The highest BCUT2D eigenvalue weighted by molar-refractivity contribution is 6.31. The summed E-state index contributed by atoms with van der Waals surface area (Å²) >= 11 is 6.18. The summed E-state index contributed by atoms with van der Waals surface area (Å²) in [5.74, 6) is 0.904. The van der Waals surface area contributed by atoms with Gasteiger partial charge in [0, 0.05) is 42.3 Å². The molecule has 0 spiro atoms. The van der Waals surface area contributed by atoms with Crippen molar-refractivity contribution >= 4 is 23.5 Å². The Hall–Kier alpha value is -2.14. The largest absolute Gasteiger partial charge is 0.354 e. The predicted molar refractivity (Wildman–Crippen MR) is 85.9 cm³/mol. The SMILES string of the molecule is O=C(CCNc1ncccn1)NC1CC1c1ccccc1Cl. The number of hydrogen-bond acceptors (Lipinski definition) is 4. The molecule has 6 heteroatoms. The van der Waals surface area contributed by atoms with E-state index in [4.69, 9.17) is 11.6 Å². The van der Waals surface area contributed by atoms with Gasteiger partial charge in [0.1, 0.15) is 0 Å². The molecular formula is C16H17ClN4O. The maximum absolute atomic E-state index is 11.9. The molecular weight excluding hydrogens is 300 g/mol. The molecule has 1 saturated carbocycles. The van der Waals surface area contributed by atoms with Crippen LogP contribution in [0.5, 0.6) is 0 Å². The quantitative estimate of drug-likeness (QED) is 0.859. The second-order valence-corrected chi connectivity index (χ2v) is 5.69. The molecule has 1 aliphatic carbocycles. The monoisotopic (exact) mass is 316 g/mol. The first-order valence-corrected chi connectivity index (χ1v) is 7.66. The number of rotatable bonds is 6. The minimum Gasteiger partial charge on any atom is -0.354 e. The van der Waals surface area contributed by atoms with Gasteiger partial charge in [-0.2, -0.15) is 0 Å². The van der Waals surface area contributed by atoms with Crippen LogP contribution >= 0.6 is 11.6 Å². The number of nitrogens with one attached hydrogen (secondary N) is 2. The Labute approximate surface area is 134 Å². The fraction of sp³-hybridized carbons (Fsp3) is 0.312. The number of carbonyl (C=O) groups is 1. The molecule has 1 heterocycles. The van der Waals surface area contributed by atoms with Gasteiger partial charge in [-0.15, -0.1) is 0 Å². The number of aromatic nitrogens is 2. The van der Waals surface area contributed by atoms with Crippen LogP contribution in [0.1, 0.15) is 24.3 Å². The zero-order valence-corrected chi connectivity index (χ0v) is 12.8. The summed E-state index contributed by atoms with van der Waals surface area (Å²) in [6, 6.07) is 9.74. The first kappa shape index (κ1) is 14.8. The van der Waals surface area contributed by atoms with Crippen molar-refractivity contribution in [3.63, 3.8) is 0 Å². The second-order valence-electron chi connectivity index (χ2n) is 5.29. The zero-order chi connectivity index (χ0) is 15.4. The Morgan fingerprint density at radius 1 is 1.23 bits per heavy atom. The Kier molecular flexibility index (Phi) is 4.53. The Bertz CT molecular complexity index is 650. The summed E-state index contributed by atoms with van der Waals surface area (Å²) in [5, 5.41) is 6.83. The van der Waals surface area contributed by atoms with Crippen molar-refractivity contribution in [2.75, 3.05) is 11.9 Å². The molecule has 3 rings (SSSR count). The molecule has 22 heavy (non-hydrogen) atoms. The average Bonchev–Trinajstić information content (AvgIpc) is 3.27. The van der Waals surface area contributed by atoms with Crippen molar-refractivity contribution in [2.45, 2.75) is 24.8 Å². The molecule has 0 aliphatic heterocycles. The molecule has 2 unspecified atom stereocenters. The molecule has 2 atom stereocenters. The first-order chi connectivity index (χ1) is 10.7. The number of hydrogen-bond donors (Lipinski definition) is 2. The lowest BCUT2D eigenvalue weighted by molar-refractivity contribution is -0.121. The van der Waals surface area contributed by atoms with Crippen molar-refractivity contribution in [1.82, 2.24) is 15.3 Å². The number of benzene rings is 1. The van der Waals surface area contributed by atoms with Crippen molar-refractivity contribution < 1.29 is 4.79 Å². The van der Waals surface area contributed by atoms with Crippen molar-refractivity contribution in [3.05, 3.63) is 53.3 Å². The van der Waals surface area contributed by atoms with E-state index in [2.05, 4.69) is 20.6 Å². The number of amides is 1. The van der Waals surface area contributed by atoms with Gasteiger partial charge in [0.05, 0.1) is 0 Å². The van der Waals surface area contributed by atoms with E-state index < -0.39 is 0 Å². The predicted octanol–water partition coefficient (Wildman–Crippen LogP) is 2.60. The van der Waals surface area contributed by atoms with E-state index in [-0.39, 0.29) is 11.9 Å². The number of anilines is 1. The van der Waals surface area contributed by atoms with Gasteiger partial charge in [0.25, 0.3) is 0 Å². The molecule has 0 bridgehead atoms. The molecule has 1 amide bonds. The van der Waals surface area contributed by atoms with Gasteiger partial charge in [-0.05, 0) is 24.1 Å². The van der Waals surface area contributed by atoms with Crippen molar-refractivity contribution in [2.24, 2.45) is 0 Å². The fourth-order valence-corrected chi connectivity index (χ4v) is 2.71. The minimum atomic E-state index is 0.0305. The molecule has 5 nitrogen and oxygen atoms in total. The van der Waals surface area contributed by atoms with Crippen LogP contribution in [-0.4, -0.2) is 28.5 Å². The van der Waals surface area contributed by atoms with Crippen molar-refractivity contribution in [3.8, 4) is 0 Å². The van der Waals surface area contributed by atoms with Gasteiger partial charge in [0.15, 0.2) is 0 Å². The van der Waals surface area contributed by atoms with E-state index >= 15 is 0 Å². The number of nitrogens with zero attached hydrogens (tertiary/aromatic N) is 2. The fourth-order valence-electron chi connectivity index (χ4n) is 2.43. The maximum atomic E-state index is 11.9. The Balaban J connectivity index is 1.41. The molecule has 0 saturated heterocycles. The van der Waals surface area contributed by atoms with Crippen LogP contribution in [0.3, 0.4) is 0 Å². The second kappa shape index (κ2) is 6.75. The summed E-state index contributed by atoms with van der Waals surface area (Å²) in [6.45, 7) is 0.513. The minimum absolute atomic E-state index is 0.0305. The van der Waals surface area contributed by atoms with E-state index in [0.29, 0.717) is 24.8 Å². The zero-order valence-electron chi connectivity index (χ0n) is 12.0. The third-order valence-electron chi connectivity index (χ3n) is 3.64. The third kappa shape index (κ3) is 3.74. The molecule has 2 N–H and O–H groups in total. The molecule has 1 aromatic heterocycles. The molecule has 1 aliphatic rings. The van der Waals surface area contributed by atoms with E-state index in [1.54, 1.807) is 18.5 Å². The Morgan fingerprint density at radius 3 is 2.77 bits per heavy atom. The summed E-state index contributed by atoms with van der Waals surface area (Å²) in [6.07, 6.45) is 4.66. The van der Waals surface area contributed by atoms with Crippen LogP contribution in [0.4, 0.5) is 5.95 Å². The molecule has 114 valence electrons. The van der Waals surface area contributed by atoms with E-state index in [9.17, 15) is 4.79 Å². The van der Waals surface area contributed by atoms with Gasteiger partial charge >= 0.3 is 0 Å². The highest BCUT2D eigenvalue weighted by Gasteiger charge is 2.40. The average molecular weight is 317 g/mol. The van der Waals surface area contributed by atoms with Crippen LogP contribution in [-0.2, 0) is 4.79 Å². The summed E-state index contributed by atoms with van der Waals surface area (Å²) in [7, 11) is 0. The van der Waals surface area contributed by atoms with Gasteiger partial charge in [-0.1, -0.05) is 29.8 Å². The number of carbonyl (C=O) groups excluding carboxylic acids is 1. The number of halogens is 1. The van der Waals surface area contributed by atoms with Gasteiger partial charge < -0.3 is 10.6 Å². The standard InChI is InChI=1S/C16H17ClN4O/c17-13-5-2-1-4-11(13)12-10-14(12)21-15(22)6-9-20-16-18-7-3-8-19-16/h1-5,7-8,12,14H,6,9-10H2,(H,21,22)(H,18,19,20). The van der Waals surface area contributed by atoms with Gasteiger partial charge in [-0.25, -0.2) is 9.97 Å². The first-order valence-electron chi connectivity index (χ1n) is 7.29. The smallest absolute Gasteiger partial charge is 0.222 e. The lowest BCUT2D eigenvalue weighted by Crippen LogP contribution is -2.28. The molecule has 1 aromatic carbocycles. The molecule has 0 radical (unpaired) electrons. The van der Waals surface area contributed by atoms with Crippen LogP contribution in [0, 0.1) is 0 Å². The van der Waals surface area contributed by atoms with Crippen LogP contribution in [0.25, 0.3) is 0 Å². The van der Waals surface area contributed by atoms with Gasteiger partial charge in [0.2, 0.25) is 11.9 Å². The highest BCUT2D eigenvalue weighted by atomic mass is 35.5. The van der Waals surface area contributed by atoms with Crippen LogP contribution in [0.15, 0.2) is 42.7 Å². The normalized spacial score (nSPS) is 19.5. The molecule has 2 aromatic rings. The van der Waals surface area contributed by atoms with Crippen LogP contribution in [0.2, 0.25) is 5.02 Å². The third-order valence-corrected chi connectivity index (χ3v) is 3.99. The highest BCUT2D eigenvalue weighted by Crippen LogP contribution is 2.43. The van der Waals surface area contributed by atoms with Gasteiger partial charge in [-0.3, -0.25) is 4.79 Å². The van der Waals surface area contributed by atoms with E-state index in [0.717, 1.165) is 17.0 Å². The molecule has 1 fully saturated rings.